The molecule has 7 nitrogen and oxygen atoms in total. The molecule has 0 bridgehead atoms. The quantitative estimate of drug-likeness (QED) is 0.416. The lowest BCUT2D eigenvalue weighted by Gasteiger charge is -2.19. The number of unbranched alkanes of at least 4 members (excludes halogenated alkanes) is 2. The molecule has 0 saturated carbocycles. The monoisotopic (exact) mass is 368 g/mol. The highest BCUT2D eigenvalue weighted by Gasteiger charge is 2.25. The third kappa shape index (κ3) is 5.31. The smallest absolute Gasteiger partial charge is 0.254 e. The van der Waals surface area contributed by atoms with Gasteiger partial charge >= 0.3 is 0 Å². The minimum atomic E-state index is -0.576. The van der Waals surface area contributed by atoms with Crippen LogP contribution in [-0.4, -0.2) is 28.8 Å². The van der Waals surface area contributed by atoms with Gasteiger partial charge in [-0.25, -0.2) is 4.68 Å². The van der Waals surface area contributed by atoms with Crippen LogP contribution in [0.2, 0.25) is 0 Å². The molecule has 1 heterocycles. The summed E-state index contributed by atoms with van der Waals surface area (Å²) in [6.45, 7) is 3.14. The summed E-state index contributed by atoms with van der Waals surface area (Å²) in [6.07, 6.45) is 4.96. The lowest BCUT2D eigenvalue weighted by atomic mass is 10.0. The number of carbonyl (C=O) groups excluding carboxylic acids is 1. The van der Waals surface area contributed by atoms with Gasteiger partial charge in [0.05, 0.1) is 18.7 Å². The van der Waals surface area contributed by atoms with Crippen molar-refractivity contribution in [1.29, 1.82) is 5.26 Å². The standard InChI is InChI=1S/C20H28N6O/c1-2-3-5-10-16(11-13-24-14-12-21)26-19(22)17(20(23)27)18(25-26)15-8-6-4-7-9-15/h4,6-9,16,24H,2-3,5,10-11,13-14,22H2,1H3,(H2,23,27). The molecule has 2 aromatic rings. The Kier molecular flexibility index (Phi) is 7.83. The Morgan fingerprint density at radius 3 is 2.67 bits per heavy atom. The summed E-state index contributed by atoms with van der Waals surface area (Å²) >= 11 is 0. The van der Waals surface area contributed by atoms with E-state index in [0.29, 0.717) is 24.6 Å². The largest absolute Gasteiger partial charge is 0.383 e. The predicted molar refractivity (Wildman–Crippen MR) is 107 cm³/mol. The molecule has 1 atom stereocenters. The zero-order chi connectivity index (χ0) is 19.6. The normalized spacial score (nSPS) is 11.9. The van der Waals surface area contributed by atoms with Crippen LogP contribution in [0.4, 0.5) is 5.82 Å². The summed E-state index contributed by atoms with van der Waals surface area (Å²) in [5, 5.41) is 16.5. The molecule has 1 aromatic carbocycles. The highest BCUT2D eigenvalue weighted by atomic mass is 16.1. The lowest BCUT2D eigenvalue weighted by molar-refractivity contribution is 0.100. The van der Waals surface area contributed by atoms with E-state index in [9.17, 15) is 4.79 Å². The van der Waals surface area contributed by atoms with Crippen molar-refractivity contribution in [2.45, 2.75) is 45.1 Å². The summed E-state index contributed by atoms with van der Waals surface area (Å²) in [6, 6.07) is 11.6. The summed E-state index contributed by atoms with van der Waals surface area (Å²) in [7, 11) is 0. The maximum absolute atomic E-state index is 12.1. The van der Waals surface area contributed by atoms with E-state index < -0.39 is 5.91 Å². The van der Waals surface area contributed by atoms with E-state index in [0.717, 1.165) is 37.7 Å². The maximum Gasteiger partial charge on any atom is 0.254 e. The van der Waals surface area contributed by atoms with Gasteiger partial charge in [-0.1, -0.05) is 56.5 Å². The van der Waals surface area contributed by atoms with Gasteiger partial charge in [0.1, 0.15) is 17.1 Å². The van der Waals surface area contributed by atoms with Crippen LogP contribution in [0.25, 0.3) is 11.3 Å². The van der Waals surface area contributed by atoms with Crippen molar-refractivity contribution >= 4 is 11.7 Å². The molecule has 144 valence electrons. The summed E-state index contributed by atoms with van der Waals surface area (Å²) in [5.74, 6) is -0.268. The first-order valence-electron chi connectivity index (χ1n) is 9.41. The molecular formula is C20H28N6O. The minimum absolute atomic E-state index is 0.0401. The molecule has 2 rings (SSSR count). The molecule has 1 unspecified atom stereocenters. The Labute approximate surface area is 160 Å². The van der Waals surface area contributed by atoms with Crippen LogP contribution >= 0.6 is 0 Å². The van der Waals surface area contributed by atoms with Crippen molar-refractivity contribution in [1.82, 2.24) is 15.1 Å². The van der Waals surface area contributed by atoms with Gasteiger partial charge in [0.2, 0.25) is 0 Å². The number of amides is 1. The van der Waals surface area contributed by atoms with Crippen LogP contribution in [0.5, 0.6) is 0 Å². The summed E-state index contributed by atoms with van der Waals surface area (Å²) in [4.78, 5) is 12.1. The number of hydrogen-bond acceptors (Lipinski definition) is 5. The summed E-state index contributed by atoms with van der Waals surface area (Å²) < 4.78 is 1.74. The Morgan fingerprint density at radius 1 is 1.30 bits per heavy atom. The van der Waals surface area contributed by atoms with Crippen molar-refractivity contribution < 1.29 is 4.79 Å². The van der Waals surface area contributed by atoms with E-state index in [-0.39, 0.29) is 11.6 Å². The van der Waals surface area contributed by atoms with Crippen molar-refractivity contribution in [3.63, 3.8) is 0 Å². The van der Waals surface area contributed by atoms with E-state index in [4.69, 9.17) is 16.7 Å². The average Bonchev–Trinajstić information content (AvgIpc) is 3.02. The Hall–Kier alpha value is -2.85. The second-order valence-corrected chi connectivity index (χ2v) is 6.56. The second-order valence-electron chi connectivity index (χ2n) is 6.56. The topological polar surface area (TPSA) is 123 Å². The van der Waals surface area contributed by atoms with Gasteiger partial charge < -0.3 is 16.8 Å². The first-order chi connectivity index (χ1) is 13.1. The fourth-order valence-corrected chi connectivity index (χ4v) is 3.20. The van der Waals surface area contributed by atoms with Gasteiger partial charge in [-0.05, 0) is 19.4 Å². The van der Waals surface area contributed by atoms with Gasteiger partial charge in [-0.3, -0.25) is 4.79 Å². The van der Waals surface area contributed by atoms with E-state index in [1.165, 1.54) is 0 Å². The Bertz CT molecular complexity index is 778. The number of nitrogens with two attached hydrogens (primary N) is 2. The van der Waals surface area contributed by atoms with Crippen LogP contribution in [-0.2, 0) is 0 Å². The zero-order valence-electron chi connectivity index (χ0n) is 15.8. The van der Waals surface area contributed by atoms with Gasteiger partial charge in [0, 0.05) is 5.56 Å². The molecule has 7 heteroatoms. The number of anilines is 1. The van der Waals surface area contributed by atoms with Gasteiger partial charge in [0.15, 0.2) is 0 Å². The maximum atomic E-state index is 12.1. The molecule has 1 amide bonds. The lowest BCUT2D eigenvalue weighted by Crippen LogP contribution is -2.22. The number of carbonyl (C=O) groups is 1. The first-order valence-corrected chi connectivity index (χ1v) is 9.41. The molecule has 5 N–H and O–H groups in total. The van der Waals surface area contributed by atoms with Gasteiger partial charge in [0.25, 0.3) is 5.91 Å². The van der Waals surface area contributed by atoms with E-state index in [2.05, 4.69) is 23.4 Å². The van der Waals surface area contributed by atoms with Crippen molar-refractivity contribution in [2.75, 3.05) is 18.8 Å². The molecule has 27 heavy (non-hydrogen) atoms. The van der Waals surface area contributed by atoms with Crippen LogP contribution in [0.3, 0.4) is 0 Å². The first kappa shape index (κ1) is 20.5. The number of nitrogens with zero attached hydrogens (tertiary/aromatic N) is 3. The minimum Gasteiger partial charge on any atom is -0.383 e. The Balaban J connectivity index is 2.36. The number of nitrogen functional groups attached to an aromatic ring is 1. The average molecular weight is 368 g/mol. The molecule has 0 aliphatic rings. The van der Waals surface area contributed by atoms with E-state index in [1.807, 2.05) is 30.3 Å². The molecule has 0 fully saturated rings. The van der Waals surface area contributed by atoms with E-state index in [1.54, 1.807) is 4.68 Å². The van der Waals surface area contributed by atoms with Crippen molar-refractivity contribution in [3.8, 4) is 17.3 Å². The van der Waals surface area contributed by atoms with Gasteiger partial charge in [-0.15, -0.1) is 0 Å². The molecule has 0 aliphatic carbocycles. The number of hydrogen-bond donors (Lipinski definition) is 3. The van der Waals surface area contributed by atoms with Gasteiger partial charge in [-0.2, -0.15) is 10.4 Å². The number of benzene rings is 1. The molecule has 0 radical (unpaired) electrons. The number of primary amides is 1. The molecule has 0 saturated heterocycles. The number of nitriles is 1. The third-order valence-electron chi connectivity index (χ3n) is 4.59. The second kappa shape index (κ2) is 10.3. The zero-order valence-corrected chi connectivity index (χ0v) is 15.8. The SMILES string of the molecule is CCCCCC(CCNCC#N)n1nc(-c2ccccc2)c(C(N)=O)c1N. The highest BCUT2D eigenvalue weighted by Crippen LogP contribution is 2.31. The molecular weight excluding hydrogens is 340 g/mol. The summed E-state index contributed by atoms with van der Waals surface area (Å²) in [5.41, 5.74) is 13.5. The van der Waals surface area contributed by atoms with Crippen LogP contribution in [0.1, 0.15) is 55.4 Å². The molecule has 0 spiro atoms. The highest BCUT2D eigenvalue weighted by molar-refractivity contribution is 6.03. The predicted octanol–water partition coefficient (Wildman–Crippen LogP) is 2.86. The number of nitrogens with one attached hydrogen (secondary N) is 1. The Morgan fingerprint density at radius 2 is 2.04 bits per heavy atom. The fraction of sp³-hybridized carbons (Fsp3) is 0.450. The van der Waals surface area contributed by atoms with E-state index >= 15 is 0 Å². The molecule has 0 aliphatic heterocycles. The van der Waals surface area contributed by atoms with Crippen LogP contribution < -0.4 is 16.8 Å². The molecule has 1 aromatic heterocycles. The number of aromatic nitrogens is 2. The van der Waals surface area contributed by atoms with Crippen LogP contribution in [0, 0.1) is 11.3 Å². The van der Waals surface area contributed by atoms with Crippen LogP contribution in [0.15, 0.2) is 30.3 Å². The van der Waals surface area contributed by atoms with Crippen molar-refractivity contribution in [3.05, 3.63) is 35.9 Å². The third-order valence-corrected chi connectivity index (χ3v) is 4.59. The number of rotatable bonds is 11. The fourth-order valence-electron chi connectivity index (χ4n) is 3.20. The van der Waals surface area contributed by atoms with Crippen molar-refractivity contribution in [2.24, 2.45) is 5.73 Å².